The minimum absolute atomic E-state index is 0.0354. The summed E-state index contributed by atoms with van der Waals surface area (Å²) in [6, 6.07) is 7.27. The molecule has 1 N–H and O–H groups in total. The van der Waals surface area contributed by atoms with Crippen molar-refractivity contribution in [2.75, 3.05) is 16.8 Å². The number of para-hydroxylation sites is 1. The second kappa shape index (κ2) is 8.33. The lowest BCUT2D eigenvalue weighted by Crippen LogP contribution is -2.30. The molecule has 0 saturated heterocycles. The second-order valence-electron chi connectivity index (χ2n) is 4.05. The first-order valence-corrected chi connectivity index (χ1v) is 7.31. The molecule has 0 aromatic heterocycles. The molecule has 1 rings (SSSR count). The molecular formula is C14H15FN2O2S. The average molecular weight is 294 g/mol. The Labute approximate surface area is 121 Å². The summed E-state index contributed by atoms with van der Waals surface area (Å²) in [5.41, 5.74) is -0.0354. The van der Waals surface area contributed by atoms with Crippen molar-refractivity contribution in [3.05, 3.63) is 30.1 Å². The largest absolute Gasteiger partial charge is 0.322 e. The van der Waals surface area contributed by atoms with Gasteiger partial charge in [-0.2, -0.15) is 17.0 Å². The van der Waals surface area contributed by atoms with E-state index in [4.69, 9.17) is 5.26 Å². The minimum Gasteiger partial charge on any atom is -0.322 e. The predicted octanol–water partition coefficient (Wildman–Crippen LogP) is 2.62. The quantitative estimate of drug-likeness (QED) is 0.620. The lowest BCUT2D eigenvalue weighted by atomic mass is 10.1. The van der Waals surface area contributed by atoms with E-state index < -0.39 is 23.4 Å². The van der Waals surface area contributed by atoms with Gasteiger partial charge in [-0.3, -0.25) is 9.59 Å². The van der Waals surface area contributed by atoms with Gasteiger partial charge in [0.05, 0.1) is 17.5 Å². The Morgan fingerprint density at radius 1 is 1.45 bits per heavy atom. The minimum atomic E-state index is -1.40. The van der Waals surface area contributed by atoms with Crippen molar-refractivity contribution in [2.45, 2.75) is 13.3 Å². The zero-order chi connectivity index (χ0) is 15.0. The topological polar surface area (TPSA) is 70.0 Å². The zero-order valence-electron chi connectivity index (χ0n) is 11.1. The number of rotatable bonds is 7. The van der Waals surface area contributed by atoms with Crippen molar-refractivity contribution < 1.29 is 14.0 Å². The molecule has 0 aliphatic carbocycles. The van der Waals surface area contributed by atoms with E-state index >= 15 is 0 Å². The third kappa shape index (κ3) is 4.67. The number of nitriles is 1. The molecule has 0 aliphatic rings. The molecule has 1 aromatic carbocycles. The van der Waals surface area contributed by atoms with Gasteiger partial charge in [-0.15, -0.1) is 0 Å². The smallest absolute Gasteiger partial charge is 0.249 e. The van der Waals surface area contributed by atoms with E-state index in [1.54, 1.807) is 12.1 Å². The number of thioether (sulfide) groups is 1. The molecule has 6 heteroatoms. The summed E-state index contributed by atoms with van der Waals surface area (Å²) in [6.45, 7) is 1.98. The van der Waals surface area contributed by atoms with Gasteiger partial charge in [-0.1, -0.05) is 19.1 Å². The highest BCUT2D eigenvalue weighted by Gasteiger charge is 2.26. The van der Waals surface area contributed by atoms with E-state index in [0.29, 0.717) is 0 Å². The normalized spacial score (nSPS) is 11.4. The van der Waals surface area contributed by atoms with Crippen molar-refractivity contribution in [3.8, 4) is 6.07 Å². The molecule has 106 valence electrons. The number of ketones is 1. The van der Waals surface area contributed by atoms with E-state index in [-0.39, 0.29) is 11.4 Å². The molecule has 0 aliphatic heterocycles. The van der Waals surface area contributed by atoms with Crippen molar-refractivity contribution in [3.63, 3.8) is 0 Å². The van der Waals surface area contributed by atoms with Gasteiger partial charge in [-0.25, -0.2) is 4.39 Å². The fraction of sp³-hybridized carbons (Fsp3) is 0.357. The van der Waals surface area contributed by atoms with E-state index in [2.05, 4.69) is 5.32 Å². The Balaban J connectivity index is 2.66. The first-order chi connectivity index (χ1) is 9.60. The van der Waals surface area contributed by atoms with Crippen molar-refractivity contribution in [1.82, 2.24) is 0 Å². The molecule has 0 fully saturated rings. The molecule has 0 heterocycles. The number of hydrogen-bond donors (Lipinski definition) is 1. The third-order valence-electron chi connectivity index (χ3n) is 2.44. The third-order valence-corrected chi connectivity index (χ3v) is 3.62. The van der Waals surface area contributed by atoms with E-state index in [1.165, 1.54) is 30.0 Å². The molecule has 1 amide bonds. The Morgan fingerprint density at radius 3 is 2.75 bits per heavy atom. The van der Waals surface area contributed by atoms with Crippen LogP contribution >= 0.6 is 11.8 Å². The summed E-state index contributed by atoms with van der Waals surface area (Å²) in [4.78, 5) is 23.6. The van der Waals surface area contributed by atoms with Crippen LogP contribution in [0.25, 0.3) is 0 Å². The molecule has 20 heavy (non-hydrogen) atoms. The Hall–Kier alpha value is -1.87. The summed E-state index contributed by atoms with van der Waals surface area (Å²) in [7, 11) is 0. The number of halogens is 1. The number of nitrogens with zero attached hydrogens (tertiary/aromatic N) is 1. The molecule has 0 bridgehead atoms. The number of carbonyl (C=O) groups excluding carboxylic acids is 2. The molecule has 4 nitrogen and oxygen atoms in total. The van der Waals surface area contributed by atoms with Crippen molar-refractivity contribution in [1.29, 1.82) is 5.26 Å². The number of benzene rings is 1. The van der Waals surface area contributed by atoms with Crippen molar-refractivity contribution in [2.24, 2.45) is 5.92 Å². The average Bonchev–Trinajstić information content (AvgIpc) is 2.42. The van der Waals surface area contributed by atoms with Crippen LogP contribution in [-0.2, 0) is 9.59 Å². The number of anilines is 1. The SMILES string of the molecule is CCCSCC(=O)[C@@H](C#N)C(=O)Nc1ccccc1F. The monoisotopic (exact) mass is 294 g/mol. The molecule has 1 atom stereocenters. The van der Waals surface area contributed by atoms with Crippen LogP contribution in [0.2, 0.25) is 0 Å². The first kappa shape index (κ1) is 16.2. The van der Waals surface area contributed by atoms with Crippen LogP contribution in [-0.4, -0.2) is 23.2 Å². The summed E-state index contributed by atoms with van der Waals surface area (Å²) < 4.78 is 13.4. The van der Waals surface area contributed by atoms with Crippen LogP contribution in [0.15, 0.2) is 24.3 Å². The number of hydrogen-bond acceptors (Lipinski definition) is 4. The molecule has 0 spiro atoms. The maximum Gasteiger partial charge on any atom is 0.249 e. The standard InChI is InChI=1S/C14H15FN2O2S/c1-2-7-20-9-13(18)10(8-16)14(19)17-12-6-4-3-5-11(12)15/h3-6,10H,2,7,9H2,1H3,(H,17,19)/t10-/m1/s1. The Morgan fingerprint density at radius 2 is 2.15 bits per heavy atom. The van der Waals surface area contributed by atoms with Gasteiger partial charge in [-0.05, 0) is 24.3 Å². The lowest BCUT2D eigenvalue weighted by molar-refractivity contribution is -0.127. The van der Waals surface area contributed by atoms with E-state index in [1.807, 2.05) is 6.92 Å². The second-order valence-corrected chi connectivity index (χ2v) is 5.16. The summed E-state index contributed by atoms with van der Waals surface area (Å²) in [5.74, 6) is -2.36. The first-order valence-electron chi connectivity index (χ1n) is 6.15. The lowest BCUT2D eigenvalue weighted by Gasteiger charge is -2.10. The number of Topliss-reactive ketones (excluding diaryl/α,β-unsaturated/α-hetero) is 1. The van der Waals surface area contributed by atoms with Gasteiger partial charge in [0.1, 0.15) is 5.82 Å². The summed E-state index contributed by atoms with van der Waals surface area (Å²) >= 11 is 1.38. The van der Waals surface area contributed by atoms with Crippen LogP contribution in [0.5, 0.6) is 0 Å². The van der Waals surface area contributed by atoms with E-state index in [0.717, 1.165) is 12.2 Å². The number of carbonyl (C=O) groups is 2. The highest BCUT2D eigenvalue weighted by molar-refractivity contribution is 7.99. The Bertz CT molecular complexity index is 528. The van der Waals surface area contributed by atoms with Crippen LogP contribution < -0.4 is 5.32 Å². The van der Waals surface area contributed by atoms with Gasteiger partial charge in [0.15, 0.2) is 11.7 Å². The van der Waals surface area contributed by atoms with Crippen LogP contribution in [0.4, 0.5) is 10.1 Å². The van der Waals surface area contributed by atoms with Crippen LogP contribution in [0, 0.1) is 23.1 Å². The Kier molecular flexibility index (Phi) is 6.74. The van der Waals surface area contributed by atoms with Crippen molar-refractivity contribution >= 4 is 29.1 Å². The number of amides is 1. The highest BCUT2D eigenvalue weighted by atomic mass is 32.2. The van der Waals surface area contributed by atoms with Gasteiger partial charge in [0, 0.05) is 0 Å². The molecule has 0 saturated carbocycles. The molecule has 0 unspecified atom stereocenters. The van der Waals surface area contributed by atoms with Gasteiger partial charge >= 0.3 is 0 Å². The summed E-state index contributed by atoms with van der Waals surface area (Å²) in [5, 5.41) is 11.2. The molecule has 0 radical (unpaired) electrons. The molecule has 1 aromatic rings. The maximum atomic E-state index is 13.4. The number of nitrogens with one attached hydrogen (secondary N) is 1. The summed E-state index contributed by atoms with van der Waals surface area (Å²) in [6.07, 6.45) is 0.913. The predicted molar refractivity (Wildman–Crippen MR) is 76.8 cm³/mol. The van der Waals surface area contributed by atoms with E-state index in [9.17, 15) is 14.0 Å². The maximum absolute atomic E-state index is 13.4. The fourth-order valence-electron chi connectivity index (χ4n) is 1.44. The van der Waals surface area contributed by atoms with Gasteiger partial charge in [0.2, 0.25) is 5.91 Å². The zero-order valence-corrected chi connectivity index (χ0v) is 11.9. The highest BCUT2D eigenvalue weighted by Crippen LogP contribution is 2.15. The van der Waals surface area contributed by atoms with Crippen LogP contribution in [0.1, 0.15) is 13.3 Å². The fourth-order valence-corrected chi connectivity index (χ4v) is 2.25. The van der Waals surface area contributed by atoms with Gasteiger partial charge in [0.25, 0.3) is 0 Å². The molecular weight excluding hydrogens is 279 g/mol. The van der Waals surface area contributed by atoms with Gasteiger partial charge < -0.3 is 5.32 Å². The van der Waals surface area contributed by atoms with Crippen LogP contribution in [0.3, 0.4) is 0 Å².